The lowest BCUT2D eigenvalue weighted by molar-refractivity contribution is -0.132. The number of piperidine rings is 1. The van der Waals surface area contributed by atoms with Gasteiger partial charge in [0.05, 0.1) is 6.42 Å². The maximum absolute atomic E-state index is 12.8. The van der Waals surface area contributed by atoms with Gasteiger partial charge in [0.1, 0.15) is 5.58 Å². The third-order valence-corrected chi connectivity index (χ3v) is 6.65. The summed E-state index contributed by atoms with van der Waals surface area (Å²) in [6.45, 7) is 5.68. The second-order valence-corrected chi connectivity index (χ2v) is 8.86. The van der Waals surface area contributed by atoms with Crippen LogP contribution in [-0.2, 0) is 16.0 Å². The first-order valence-corrected chi connectivity index (χ1v) is 11.4. The topological polar surface area (TPSA) is 91.1 Å². The molecular weight excluding hydrogens is 404 g/mol. The molecule has 3 heterocycles. The molecule has 1 N–H and O–H groups in total. The van der Waals surface area contributed by atoms with E-state index in [0.29, 0.717) is 11.6 Å². The van der Waals surface area contributed by atoms with Crippen molar-refractivity contribution in [2.45, 2.75) is 32.2 Å². The minimum Gasteiger partial charge on any atom is -0.483 e. The van der Waals surface area contributed by atoms with Crippen LogP contribution in [0.4, 0.5) is 0 Å². The zero-order valence-electron chi connectivity index (χ0n) is 17.2. The van der Waals surface area contributed by atoms with Crippen LogP contribution in [0.5, 0.6) is 0 Å². The van der Waals surface area contributed by atoms with Gasteiger partial charge in [-0.25, -0.2) is 4.79 Å². The van der Waals surface area contributed by atoms with Crippen molar-refractivity contribution >= 4 is 35.1 Å². The molecule has 30 heavy (non-hydrogen) atoms. The summed E-state index contributed by atoms with van der Waals surface area (Å²) < 4.78 is 5.30. The molecular formula is C22H28N2O5S. The predicted octanol–water partition coefficient (Wildman–Crippen LogP) is 2.38. The second kappa shape index (κ2) is 10.6. The van der Waals surface area contributed by atoms with Crippen molar-refractivity contribution in [2.24, 2.45) is 0 Å². The van der Waals surface area contributed by atoms with Crippen molar-refractivity contribution < 1.29 is 19.1 Å². The van der Waals surface area contributed by atoms with E-state index in [9.17, 15) is 9.59 Å². The number of aryl methyl sites for hydroxylation is 1. The molecule has 0 atom stereocenters. The highest BCUT2D eigenvalue weighted by molar-refractivity contribution is 7.99. The van der Waals surface area contributed by atoms with E-state index in [-0.39, 0.29) is 18.8 Å². The summed E-state index contributed by atoms with van der Waals surface area (Å²) in [6, 6.07) is 7.86. The molecule has 1 amide bonds. The lowest BCUT2D eigenvalue weighted by Gasteiger charge is -2.40. The SMILES string of the molecule is Cc1ccc2c(CC(=O)N3CCC(N4CCSCC4)CC3)cc(=O)oc2c1.O=CO. The fraction of sp³-hybridized carbons (Fsp3) is 0.500. The Balaban J connectivity index is 0.000000806. The van der Waals surface area contributed by atoms with Crippen molar-refractivity contribution in [3.05, 3.63) is 45.8 Å². The first-order valence-electron chi connectivity index (χ1n) is 10.2. The maximum atomic E-state index is 12.8. The van der Waals surface area contributed by atoms with Gasteiger partial charge in [-0.1, -0.05) is 12.1 Å². The van der Waals surface area contributed by atoms with Gasteiger partial charge in [-0.2, -0.15) is 11.8 Å². The van der Waals surface area contributed by atoms with Gasteiger partial charge in [0.2, 0.25) is 5.91 Å². The van der Waals surface area contributed by atoms with Crippen molar-refractivity contribution in [3.63, 3.8) is 0 Å². The summed E-state index contributed by atoms with van der Waals surface area (Å²) >= 11 is 2.03. The lowest BCUT2D eigenvalue weighted by atomic mass is 10.0. The zero-order valence-corrected chi connectivity index (χ0v) is 18.0. The predicted molar refractivity (Wildman–Crippen MR) is 118 cm³/mol. The van der Waals surface area contributed by atoms with E-state index in [2.05, 4.69) is 4.90 Å². The van der Waals surface area contributed by atoms with Gasteiger partial charge in [0, 0.05) is 55.2 Å². The summed E-state index contributed by atoms with van der Waals surface area (Å²) in [5, 5.41) is 7.74. The molecule has 0 radical (unpaired) electrons. The highest BCUT2D eigenvalue weighted by Gasteiger charge is 2.28. The second-order valence-electron chi connectivity index (χ2n) is 7.63. The molecule has 1 aromatic carbocycles. The third kappa shape index (κ3) is 5.64. The molecule has 2 aliphatic rings. The van der Waals surface area contributed by atoms with Gasteiger partial charge in [0.15, 0.2) is 0 Å². The number of likely N-dealkylation sites (tertiary alicyclic amines) is 1. The number of thioether (sulfide) groups is 1. The van der Waals surface area contributed by atoms with E-state index in [1.807, 2.05) is 41.8 Å². The number of rotatable bonds is 3. The largest absolute Gasteiger partial charge is 0.483 e. The summed E-state index contributed by atoms with van der Waals surface area (Å²) in [4.78, 5) is 37.7. The first-order chi connectivity index (χ1) is 14.5. The number of fused-ring (bicyclic) bond motifs is 1. The summed E-state index contributed by atoms with van der Waals surface area (Å²) in [7, 11) is 0. The molecule has 0 aliphatic carbocycles. The molecule has 0 saturated carbocycles. The van der Waals surface area contributed by atoms with Gasteiger partial charge in [-0.05, 0) is 37.0 Å². The van der Waals surface area contributed by atoms with Gasteiger partial charge >= 0.3 is 5.63 Å². The highest BCUT2D eigenvalue weighted by Crippen LogP contribution is 2.23. The van der Waals surface area contributed by atoms with E-state index < -0.39 is 5.63 Å². The molecule has 0 unspecified atom stereocenters. The van der Waals surface area contributed by atoms with Crippen LogP contribution < -0.4 is 5.63 Å². The zero-order chi connectivity index (χ0) is 21.5. The van der Waals surface area contributed by atoms with Crippen LogP contribution in [0.15, 0.2) is 33.5 Å². The fourth-order valence-electron chi connectivity index (χ4n) is 4.18. The smallest absolute Gasteiger partial charge is 0.336 e. The summed E-state index contributed by atoms with van der Waals surface area (Å²) in [5.41, 5.74) is 1.97. The summed E-state index contributed by atoms with van der Waals surface area (Å²) in [5.74, 6) is 2.56. The average Bonchev–Trinajstić information content (AvgIpc) is 2.74. The third-order valence-electron chi connectivity index (χ3n) is 5.71. The number of benzene rings is 1. The fourth-order valence-corrected chi connectivity index (χ4v) is 5.11. The molecule has 7 nitrogen and oxygen atoms in total. The van der Waals surface area contributed by atoms with Crippen LogP contribution >= 0.6 is 11.8 Å². The van der Waals surface area contributed by atoms with E-state index in [1.54, 1.807) is 0 Å². The van der Waals surface area contributed by atoms with Crippen LogP contribution in [0.1, 0.15) is 24.0 Å². The number of carbonyl (C=O) groups is 2. The Bertz CT molecular complexity index is 931. The minimum atomic E-state index is -0.391. The van der Waals surface area contributed by atoms with Crippen molar-refractivity contribution in [1.29, 1.82) is 0 Å². The molecule has 1 aromatic heterocycles. The Morgan fingerprint density at radius 1 is 1.20 bits per heavy atom. The minimum absolute atomic E-state index is 0.107. The Kier molecular flexibility index (Phi) is 7.93. The number of nitrogens with zero attached hydrogens (tertiary/aromatic N) is 2. The first kappa shape index (κ1) is 22.4. The van der Waals surface area contributed by atoms with E-state index >= 15 is 0 Å². The van der Waals surface area contributed by atoms with Crippen molar-refractivity contribution in [1.82, 2.24) is 9.80 Å². The highest BCUT2D eigenvalue weighted by atomic mass is 32.2. The van der Waals surface area contributed by atoms with Crippen LogP contribution in [0.25, 0.3) is 11.0 Å². The molecule has 4 rings (SSSR count). The Hall–Kier alpha value is -2.32. The Labute approximate surface area is 180 Å². The molecule has 2 aromatic rings. The normalized spacial score (nSPS) is 18.0. The van der Waals surface area contributed by atoms with Gasteiger partial charge < -0.3 is 14.4 Å². The van der Waals surface area contributed by atoms with Crippen LogP contribution in [0.2, 0.25) is 0 Å². The van der Waals surface area contributed by atoms with Crippen LogP contribution in [0.3, 0.4) is 0 Å². The number of carboxylic acid groups (broad SMARTS) is 1. The molecule has 0 spiro atoms. The number of hydrogen-bond acceptors (Lipinski definition) is 6. The molecule has 2 saturated heterocycles. The number of carbonyl (C=O) groups excluding carboxylic acids is 1. The molecule has 8 heteroatoms. The van der Waals surface area contributed by atoms with E-state index in [1.165, 1.54) is 30.7 Å². The summed E-state index contributed by atoms with van der Waals surface area (Å²) in [6.07, 6.45) is 2.36. The van der Waals surface area contributed by atoms with Crippen molar-refractivity contribution in [3.8, 4) is 0 Å². The van der Waals surface area contributed by atoms with E-state index in [4.69, 9.17) is 14.3 Å². The Morgan fingerprint density at radius 3 is 2.53 bits per heavy atom. The lowest BCUT2D eigenvalue weighted by Crippen LogP contribution is -2.49. The van der Waals surface area contributed by atoms with Crippen molar-refractivity contribution in [2.75, 3.05) is 37.7 Å². The van der Waals surface area contributed by atoms with E-state index in [0.717, 1.165) is 42.4 Å². The molecule has 2 fully saturated rings. The molecule has 162 valence electrons. The number of amides is 1. The maximum Gasteiger partial charge on any atom is 0.336 e. The van der Waals surface area contributed by atoms with Gasteiger partial charge in [-0.15, -0.1) is 0 Å². The van der Waals surface area contributed by atoms with Gasteiger partial charge in [-0.3, -0.25) is 14.5 Å². The molecule has 2 aliphatic heterocycles. The number of hydrogen-bond donors (Lipinski definition) is 1. The van der Waals surface area contributed by atoms with Gasteiger partial charge in [0.25, 0.3) is 6.47 Å². The Morgan fingerprint density at radius 2 is 1.87 bits per heavy atom. The monoisotopic (exact) mass is 432 g/mol. The standard InChI is InChI=1S/C21H26N2O3S.CH2O2/c1-15-2-3-18-16(14-21(25)26-19(18)12-15)13-20(24)23-6-4-17(5-7-23)22-8-10-27-11-9-22;2-1-3/h2-3,12,14,17H,4-11,13H2,1H3;1H,(H,2,3). The molecule has 0 bridgehead atoms. The average molecular weight is 433 g/mol. The van der Waals surface area contributed by atoms with Crippen LogP contribution in [-0.4, -0.2) is 71.0 Å². The van der Waals surface area contributed by atoms with Crippen LogP contribution in [0, 0.1) is 6.92 Å². The quantitative estimate of drug-likeness (QED) is 0.588.